The number of amides is 1. The van der Waals surface area contributed by atoms with Gasteiger partial charge in [-0.3, -0.25) is 9.69 Å². The highest BCUT2D eigenvalue weighted by atomic mass is 16.2. The summed E-state index contributed by atoms with van der Waals surface area (Å²) < 4.78 is 0. The highest BCUT2D eigenvalue weighted by molar-refractivity contribution is 5.78. The van der Waals surface area contributed by atoms with Crippen LogP contribution in [0.5, 0.6) is 0 Å². The number of para-hydroxylation sites is 1. The molecule has 0 heterocycles. The summed E-state index contributed by atoms with van der Waals surface area (Å²) in [6.07, 6.45) is 0. The zero-order valence-corrected chi connectivity index (χ0v) is 12.3. The van der Waals surface area contributed by atoms with Crippen LogP contribution in [-0.4, -0.2) is 29.4 Å². The number of hydrogen-bond acceptors (Lipinski definition) is 3. The number of benzene rings is 1. The Morgan fingerprint density at radius 1 is 1.26 bits per heavy atom. The minimum Gasteiger partial charge on any atom is -0.398 e. The largest absolute Gasteiger partial charge is 0.398 e. The lowest BCUT2D eigenvalue weighted by atomic mass is 10.1. The van der Waals surface area contributed by atoms with Crippen molar-refractivity contribution in [3.05, 3.63) is 29.8 Å². The zero-order chi connectivity index (χ0) is 14.4. The van der Waals surface area contributed by atoms with Crippen molar-refractivity contribution in [2.24, 2.45) is 0 Å². The van der Waals surface area contributed by atoms with Crippen LogP contribution in [0.3, 0.4) is 0 Å². The molecule has 0 aliphatic carbocycles. The van der Waals surface area contributed by atoms with E-state index in [-0.39, 0.29) is 18.0 Å². The van der Waals surface area contributed by atoms with Crippen molar-refractivity contribution in [3.63, 3.8) is 0 Å². The highest BCUT2D eigenvalue weighted by Crippen LogP contribution is 2.14. The molecule has 0 unspecified atom stereocenters. The van der Waals surface area contributed by atoms with Crippen LogP contribution < -0.4 is 11.1 Å². The Bertz CT molecular complexity index is 416. The highest BCUT2D eigenvalue weighted by Gasteiger charge is 2.15. The third-order valence-electron chi connectivity index (χ3n) is 2.96. The summed E-state index contributed by atoms with van der Waals surface area (Å²) >= 11 is 0. The van der Waals surface area contributed by atoms with Crippen molar-refractivity contribution < 1.29 is 4.79 Å². The second-order valence-corrected chi connectivity index (χ2v) is 5.42. The number of nitrogens with zero attached hydrogens (tertiary/aromatic N) is 1. The van der Waals surface area contributed by atoms with Crippen LogP contribution in [0, 0.1) is 0 Å². The summed E-state index contributed by atoms with van der Waals surface area (Å²) in [5, 5.41) is 2.92. The number of nitrogens with two attached hydrogens (primary N) is 1. The van der Waals surface area contributed by atoms with E-state index in [0.29, 0.717) is 13.1 Å². The maximum Gasteiger partial charge on any atom is 0.234 e. The maximum atomic E-state index is 11.9. The summed E-state index contributed by atoms with van der Waals surface area (Å²) in [6.45, 7) is 9.18. The van der Waals surface area contributed by atoms with Crippen molar-refractivity contribution in [2.75, 3.05) is 12.3 Å². The van der Waals surface area contributed by atoms with Gasteiger partial charge in [0.15, 0.2) is 0 Å². The fourth-order valence-electron chi connectivity index (χ4n) is 1.87. The lowest BCUT2D eigenvalue weighted by Crippen LogP contribution is -2.42. The summed E-state index contributed by atoms with van der Waals surface area (Å²) in [5.41, 5.74) is 7.79. The number of hydrogen-bond donors (Lipinski definition) is 2. The monoisotopic (exact) mass is 263 g/mol. The Morgan fingerprint density at radius 3 is 2.42 bits per heavy atom. The van der Waals surface area contributed by atoms with E-state index in [2.05, 4.69) is 24.1 Å². The third-order valence-corrected chi connectivity index (χ3v) is 2.96. The molecule has 0 fully saturated rings. The molecule has 0 atom stereocenters. The number of anilines is 1. The average molecular weight is 263 g/mol. The Labute approximate surface area is 116 Å². The Kier molecular flexibility index (Phi) is 5.83. The van der Waals surface area contributed by atoms with Gasteiger partial charge < -0.3 is 11.1 Å². The van der Waals surface area contributed by atoms with Gasteiger partial charge in [-0.1, -0.05) is 18.2 Å². The fourth-order valence-corrected chi connectivity index (χ4v) is 1.87. The predicted molar refractivity (Wildman–Crippen MR) is 79.7 cm³/mol. The molecule has 0 aliphatic heterocycles. The van der Waals surface area contributed by atoms with Gasteiger partial charge in [0.25, 0.3) is 0 Å². The van der Waals surface area contributed by atoms with Gasteiger partial charge in [-0.2, -0.15) is 0 Å². The van der Waals surface area contributed by atoms with E-state index in [9.17, 15) is 4.79 Å². The predicted octanol–water partition coefficient (Wildman–Crippen LogP) is 2.00. The van der Waals surface area contributed by atoms with E-state index in [1.807, 2.05) is 38.1 Å². The molecule has 1 rings (SSSR count). The lowest BCUT2D eigenvalue weighted by molar-refractivity contribution is -0.123. The number of nitrogens with one attached hydrogen (secondary N) is 1. The average Bonchev–Trinajstić information content (AvgIpc) is 2.29. The first kappa shape index (κ1) is 15.5. The standard InChI is InChI=1S/C15H25N3O/c1-11(2)17-15(19)10-18(12(3)4)9-13-7-5-6-8-14(13)16/h5-8,11-12H,9-10,16H2,1-4H3,(H,17,19). The number of rotatable bonds is 6. The van der Waals surface area contributed by atoms with E-state index in [0.717, 1.165) is 11.3 Å². The molecule has 4 heteroatoms. The molecule has 0 saturated heterocycles. The van der Waals surface area contributed by atoms with Gasteiger partial charge in [-0.15, -0.1) is 0 Å². The molecule has 0 saturated carbocycles. The quantitative estimate of drug-likeness (QED) is 0.772. The lowest BCUT2D eigenvalue weighted by Gasteiger charge is -2.26. The first-order valence-electron chi connectivity index (χ1n) is 6.77. The van der Waals surface area contributed by atoms with Crippen LogP contribution in [0.25, 0.3) is 0 Å². The summed E-state index contributed by atoms with van der Waals surface area (Å²) in [5.74, 6) is 0.0539. The molecule has 1 aromatic rings. The zero-order valence-electron chi connectivity index (χ0n) is 12.3. The first-order chi connectivity index (χ1) is 8.90. The van der Waals surface area contributed by atoms with Crippen LogP contribution in [0.1, 0.15) is 33.3 Å². The second-order valence-electron chi connectivity index (χ2n) is 5.42. The molecular weight excluding hydrogens is 238 g/mol. The molecule has 1 aromatic carbocycles. The minimum atomic E-state index is 0.0539. The van der Waals surface area contributed by atoms with Crippen molar-refractivity contribution in [2.45, 2.75) is 46.3 Å². The van der Waals surface area contributed by atoms with Crippen molar-refractivity contribution in [3.8, 4) is 0 Å². The Morgan fingerprint density at radius 2 is 1.89 bits per heavy atom. The molecule has 0 spiro atoms. The SMILES string of the molecule is CC(C)NC(=O)CN(Cc1ccccc1N)C(C)C. The van der Waals surface area contributed by atoms with Crippen LogP contribution >= 0.6 is 0 Å². The van der Waals surface area contributed by atoms with Gasteiger partial charge in [0, 0.05) is 24.3 Å². The van der Waals surface area contributed by atoms with E-state index in [4.69, 9.17) is 5.73 Å². The summed E-state index contributed by atoms with van der Waals surface area (Å²) in [4.78, 5) is 14.0. The molecule has 0 aliphatic rings. The number of carbonyl (C=O) groups excluding carboxylic acids is 1. The molecule has 1 amide bonds. The number of nitrogen functional groups attached to an aromatic ring is 1. The molecular formula is C15H25N3O. The van der Waals surface area contributed by atoms with E-state index >= 15 is 0 Å². The Balaban J connectivity index is 2.69. The molecule has 3 N–H and O–H groups in total. The topological polar surface area (TPSA) is 58.4 Å². The van der Waals surface area contributed by atoms with Gasteiger partial charge >= 0.3 is 0 Å². The van der Waals surface area contributed by atoms with Crippen molar-refractivity contribution in [1.82, 2.24) is 10.2 Å². The maximum absolute atomic E-state index is 11.9. The first-order valence-corrected chi connectivity index (χ1v) is 6.77. The smallest absolute Gasteiger partial charge is 0.234 e. The van der Waals surface area contributed by atoms with Crippen LogP contribution in [0.2, 0.25) is 0 Å². The van der Waals surface area contributed by atoms with Gasteiger partial charge in [-0.05, 0) is 39.3 Å². The van der Waals surface area contributed by atoms with Crippen LogP contribution in [-0.2, 0) is 11.3 Å². The molecule has 0 aromatic heterocycles. The normalized spacial score (nSPS) is 11.3. The van der Waals surface area contributed by atoms with Crippen LogP contribution in [0.4, 0.5) is 5.69 Å². The van der Waals surface area contributed by atoms with Crippen molar-refractivity contribution >= 4 is 11.6 Å². The van der Waals surface area contributed by atoms with Gasteiger partial charge in [-0.25, -0.2) is 0 Å². The fraction of sp³-hybridized carbons (Fsp3) is 0.533. The third kappa shape index (κ3) is 5.30. The molecule has 106 valence electrons. The molecule has 0 radical (unpaired) electrons. The summed E-state index contributed by atoms with van der Waals surface area (Å²) in [7, 11) is 0. The van der Waals surface area contributed by atoms with Crippen LogP contribution in [0.15, 0.2) is 24.3 Å². The van der Waals surface area contributed by atoms with E-state index < -0.39 is 0 Å². The van der Waals surface area contributed by atoms with Crippen molar-refractivity contribution in [1.29, 1.82) is 0 Å². The molecule has 19 heavy (non-hydrogen) atoms. The molecule has 0 bridgehead atoms. The van der Waals surface area contributed by atoms with Gasteiger partial charge in [0.05, 0.1) is 6.54 Å². The van der Waals surface area contributed by atoms with Gasteiger partial charge in [0.1, 0.15) is 0 Å². The molecule has 4 nitrogen and oxygen atoms in total. The minimum absolute atomic E-state index is 0.0539. The van der Waals surface area contributed by atoms with E-state index in [1.165, 1.54) is 0 Å². The second kappa shape index (κ2) is 7.14. The Hall–Kier alpha value is -1.55. The van der Waals surface area contributed by atoms with Gasteiger partial charge in [0.2, 0.25) is 5.91 Å². The summed E-state index contributed by atoms with van der Waals surface area (Å²) in [6, 6.07) is 8.25. The van der Waals surface area contributed by atoms with E-state index in [1.54, 1.807) is 0 Å². The number of carbonyl (C=O) groups is 1.